The molecule has 0 radical (unpaired) electrons. The van der Waals surface area contributed by atoms with E-state index in [2.05, 4.69) is 0 Å². The Morgan fingerprint density at radius 3 is 2.05 bits per heavy atom. The van der Waals surface area contributed by atoms with E-state index in [1.165, 1.54) is 7.11 Å². The average Bonchev–Trinajstić information content (AvgIpc) is 3.24. The Labute approximate surface area is 227 Å². The van der Waals surface area contributed by atoms with Gasteiger partial charge in [0.2, 0.25) is 6.29 Å². The fourth-order valence-electron chi connectivity index (χ4n) is 4.89. The number of fused-ring (bicyclic) bond motifs is 1. The highest BCUT2D eigenvalue weighted by atomic mass is 16.7. The van der Waals surface area contributed by atoms with E-state index in [1.807, 2.05) is 54.6 Å². The number of esters is 2. The third kappa shape index (κ3) is 5.37. The van der Waals surface area contributed by atoms with E-state index in [1.54, 1.807) is 62.4 Å². The molecule has 7 nitrogen and oxygen atoms in total. The first-order valence-electron chi connectivity index (χ1n) is 12.8. The highest BCUT2D eigenvalue weighted by Gasteiger charge is 2.61. The fourth-order valence-corrected chi connectivity index (χ4v) is 4.89. The quantitative estimate of drug-likeness (QED) is 0.268. The molecule has 1 saturated heterocycles. The van der Waals surface area contributed by atoms with Crippen LogP contribution in [0.15, 0.2) is 103 Å². The summed E-state index contributed by atoms with van der Waals surface area (Å²) in [6.45, 7) is 3.44. The maximum absolute atomic E-state index is 13.2. The summed E-state index contributed by atoms with van der Waals surface area (Å²) < 4.78 is 30.5. The first kappa shape index (κ1) is 26.4. The van der Waals surface area contributed by atoms with Crippen LogP contribution in [0.2, 0.25) is 0 Å². The highest BCUT2D eigenvalue weighted by molar-refractivity contribution is 5.90. The van der Waals surface area contributed by atoms with Crippen molar-refractivity contribution in [1.29, 1.82) is 0 Å². The second kappa shape index (κ2) is 11.3. The van der Waals surface area contributed by atoms with Crippen LogP contribution in [0, 0.1) is 0 Å². The topological polar surface area (TPSA) is 80.3 Å². The predicted molar refractivity (Wildman–Crippen MR) is 146 cm³/mol. The van der Waals surface area contributed by atoms with Gasteiger partial charge < -0.3 is 23.7 Å². The molecule has 200 valence electrons. The van der Waals surface area contributed by atoms with Crippen LogP contribution in [0.1, 0.15) is 34.6 Å². The molecule has 5 rings (SSSR count). The molecule has 0 spiro atoms. The fraction of sp³-hybridized carbons (Fsp3) is 0.250. The molecule has 0 N–H and O–H groups in total. The molecule has 2 unspecified atom stereocenters. The average molecular weight is 527 g/mol. The molecule has 0 saturated carbocycles. The zero-order chi connectivity index (χ0) is 27.4. The minimum absolute atomic E-state index is 0.379. The van der Waals surface area contributed by atoms with Gasteiger partial charge in [0.15, 0.2) is 11.7 Å². The lowest BCUT2D eigenvalue weighted by atomic mass is 9.94. The molecule has 1 fully saturated rings. The summed E-state index contributed by atoms with van der Waals surface area (Å²) >= 11 is 0. The van der Waals surface area contributed by atoms with E-state index in [0.717, 1.165) is 10.8 Å². The van der Waals surface area contributed by atoms with Crippen LogP contribution < -0.4 is 4.74 Å². The summed E-state index contributed by atoms with van der Waals surface area (Å²) in [5.41, 5.74) is -0.601. The van der Waals surface area contributed by atoms with Crippen LogP contribution in [-0.2, 0) is 18.9 Å². The van der Waals surface area contributed by atoms with Gasteiger partial charge >= 0.3 is 11.9 Å². The molecule has 39 heavy (non-hydrogen) atoms. The number of carbonyl (C=O) groups is 2. The van der Waals surface area contributed by atoms with Gasteiger partial charge in [0.1, 0.15) is 18.0 Å². The Kier molecular flexibility index (Phi) is 7.63. The van der Waals surface area contributed by atoms with Crippen LogP contribution in [-0.4, -0.2) is 49.3 Å². The minimum Gasteiger partial charge on any atom is -0.482 e. The molecule has 4 aromatic carbocycles. The van der Waals surface area contributed by atoms with E-state index >= 15 is 0 Å². The largest absolute Gasteiger partial charge is 0.482 e. The third-order valence-electron chi connectivity index (χ3n) is 6.92. The van der Waals surface area contributed by atoms with E-state index in [4.69, 9.17) is 23.7 Å². The second-order valence-corrected chi connectivity index (χ2v) is 9.60. The molecule has 1 aliphatic heterocycles. The van der Waals surface area contributed by atoms with Gasteiger partial charge in [0.25, 0.3) is 0 Å². The first-order chi connectivity index (χ1) is 18.9. The van der Waals surface area contributed by atoms with Crippen molar-refractivity contribution in [3.05, 3.63) is 114 Å². The van der Waals surface area contributed by atoms with Gasteiger partial charge in [-0.15, -0.1) is 0 Å². The third-order valence-corrected chi connectivity index (χ3v) is 6.92. The molecular weight excluding hydrogens is 496 g/mol. The molecule has 5 atom stereocenters. The maximum Gasteiger partial charge on any atom is 0.338 e. The molecule has 1 heterocycles. The molecule has 0 aliphatic carbocycles. The van der Waals surface area contributed by atoms with Gasteiger partial charge in [-0.25, -0.2) is 9.59 Å². The Hall–Kier alpha value is -4.20. The van der Waals surface area contributed by atoms with Crippen molar-refractivity contribution in [2.75, 3.05) is 7.11 Å². The number of ether oxygens (including phenoxy) is 5. The predicted octanol–water partition coefficient (Wildman–Crippen LogP) is 5.82. The molecular formula is C32H30O7. The number of rotatable bonds is 8. The van der Waals surface area contributed by atoms with Crippen molar-refractivity contribution in [2.24, 2.45) is 0 Å². The van der Waals surface area contributed by atoms with Gasteiger partial charge in [-0.3, -0.25) is 0 Å². The van der Waals surface area contributed by atoms with Crippen LogP contribution in [0.4, 0.5) is 0 Å². The van der Waals surface area contributed by atoms with Crippen molar-refractivity contribution in [1.82, 2.24) is 0 Å². The van der Waals surface area contributed by atoms with Crippen LogP contribution in [0.25, 0.3) is 10.8 Å². The standard InChI is InChI=1S/C32H30O7/c1-21(36-29(33)23-14-6-4-7-15-23)27-28(37-26-20-12-18-22-13-10-11-19-25(22)26)32(2,31(35-3)38-27)39-30(34)24-16-8-5-9-17-24/h4-21,27-28,31H,1-3H3/t21?,27-,28-,31?,32-/m1/s1. The van der Waals surface area contributed by atoms with E-state index in [0.29, 0.717) is 16.9 Å². The summed E-state index contributed by atoms with van der Waals surface area (Å²) in [6.07, 6.45) is -3.48. The lowest BCUT2D eigenvalue weighted by Crippen LogP contribution is -2.54. The summed E-state index contributed by atoms with van der Waals surface area (Å²) in [5.74, 6) is -0.476. The number of hydrogen-bond donors (Lipinski definition) is 0. The minimum atomic E-state index is -1.39. The molecule has 0 amide bonds. The maximum atomic E-state index is 13.2. The molecule has 1 aliphatic rings. The van der Waals surface area contributed by atoms with E-state index in [-0.39, 0.29) is 0 Å². The lowest BCUT2D eigenvalue weighted by molar-refractivity contribution is -0.191. The molecule has 4 aromatic rings. The molecule has 7 heteroatoms. The summed E-state index contributed by atoms with van der Waals surface area (Å²) in [5, 5.41) is 1.87. The Morgan fingerprint density at radius 1 is 0.795 bits per heavy atom. The van der Waals surface area contributed by atoms with E-state index in [9.17, 15) is 9.59 Å². The van der Waals surface area contributed by atoms with E-state index < -0.39 is 42.1 Å². The number of carbonyl (C=O) groups excluding carboxylic acids is 2. The van der Waals surface area contributed by atoms with Crippen molar-refractivity contribution in [3.8, 4) is 5.75 Å². The van der Waals surface area contributed by atoms with Crippen LogP contribution in [0.3, 0.4) is 0 Å². The van der Waals surface area contributed by atoms with Crippen molar-refractivity contribution >= 4 is 22.7 Å². The summed E-state index contributed by atoms with van der Waals surface area (Å²) in [6, 6.07) is 30.9. The monoisotopic (exact) mass is 526 g/mol. The SMILES string of the molecule is COC1O[C@H](C(C)OC(=O)c2ccccc2)[C@@H](Oc2cccc3ccccc23)[C@@]1(C)OC(=O)c1ccccc1. The van der Waals surface area contributed by atoms with Gasteiger partial charge in [-0.1, -0.05) is 72.8 Å². The van der Waals surface area contributed by atoms with Crippen molar-refractivity contribution < 1.29 is 33.3 Å². The molecule has 0 aromatic heterocycles. The second-order valence-electron chi connectivity index (χ2n) is 9.60. The zero-order valence-electron chi connectivity index (χ0n) is 22.0. The van der Waals surface area contributed by atoms with Gasteiger partial charge in [0.05, 0.1) is 11.1 Å². The number of benzene rings is 4. The smallest absolute Gasteiger partial charge is 0.338 e. The zero-order valence-corrected chi connectivity index (χ0v) is 22.0. The Morgan fingerprint density at radius 2 is 1.38 bits per heavy atom. The lowest BCUT2D eigenvalue weighted by Gasteiger charge is -2.35. The van der Waals surface area contributed by atoms with Gasteiger partial charge in [-0.05, 0) is 49.6 Å². The van der Waals surface area contributed by atoms with Crippen molar-refractivity contribution in [3.63, 3.8) is 0 Å². The van der Waals surface area contributed by atoms with Gasteiger partial charge in [0, 0.05) is 12.5 Å². The van der Waals surface area contributed by atoms with Gasteiger partial charge in [-0.2, -0.15) is 0 Å². The van der Waals surface area contributed by atoms with Crippen molar-refractivity contribution in [2.45, 2.75) is 44.1 Å². The Balaban J connectivity index is 1.51. The molecule has 0 bridgehead atoms. The summed E-state index contributed by atoms with van der Waals surface area (Å²) in [7, 11) is 1.47. The highest BCUT2D eigenvalue weighted by Crippen LogP contribution is 2.41. The summed E-state index contributed by atoms with van der Waals surface area (Å²) in [4.78, 5) is 26.1. The first-order valence-corrected chi connectivity index (χ1v) is 12.8. The Bertz CT molecular complexity index is 1430. The normalized spacial score (nSPS) is 23.2. The van der Waals surface area contributed by atoms with Crippen LogP contribution >= 0.6 is 0 Å². The van der Waals surface area contributed by atoms with Crippen LogP contribution in [0.5, 0.6) is 5.75 Å². The number of methoxy groups -OCH3 is 1. The number of hydrogen-bond acceptors (Lipinski definition) is 7.